The number of aryl methyl sites for hydroxylation is 1. The molecule has 40 heavy (non-hydrogen) atoms. The van der Waals surface area contributed by atoms with Crippen LogP contribution in [0.2, 0.25) is 0 Å². The molecule has 12 heteroatoms. The summed E-state index contributed by atoms with van der Waals surface area (Å²) in [5.74, 6) is -3.55. The largest absolute Gasteiger partial charge is 0.471 e. The number of unbranched alkanes of at least 4 members (excludes halogenated alkanes) is 2. The molecule has 214 valence electrons. The molecule has 0 saturated heterocycles. The second kappa shape index (κ2) is 11.6. The Labute approximate surface area is 228 Å². The number of alkyl halides is 5. The van der Waals surface area contributed by atoms with Crippen LogP contribution < -0.4 is 4.90 Å². The van der Waals surface area contributed by atoms with Crippen molar-refractivity contribution >= 4 is 11.6 Å². The predicted octanol–water partition coefficient (Wildman–Crippen LogP) is 6.99. The first-order valence-corrected chi connectivity index (χ1v) is 13.6. The molecule has 2 saturated carbocycles. The zero-order valence-electron chi connectivity index (χ0n) is 21.8. The molecule has 3 aromatic rings. The Bertz CT molecular complexity index is 1300. The lowest BCUT2D eigenvalue weighted by Crippen LogP contribution is -2.40. The normalized spacial score (nSPS) is 17.6. The number of aromatic nitrogens is 4. The Morgan fingerprint density at radius 3 is 2.38 bits per heavy atom. The van der Waals surface area contributed by atoms with Gasteiger partial charge in [-0.2, -0.15) is 18.2 Å². The number of rotatable bonds is 10. The minimum Gasteiger partial charge on any atom is -0.329 e. The molecular formula is C28H30F5N5O2. The van der Waals surface area contributed by atoms with Crippen molar-refractivity contribution in [3.8, 4) is 11.1 Å². The molecule has 0 bridgehead atoms. The van der Waals surface area contributed by atoms with Gasteiger partial charge in [0.15, 0.2) is 5.82 Å². The van der Waals surface area contributed by atoms with Crippen LogP contribution in [0.25, 0.3) is 11.1 Å². The molecule has 2 aliphatic rings. The monoisotopic (exact) mass is 563 g/mol. The second-order valence-electron chi connectivity index (χ2n) is 10.6. The first-order chi connectivity index (χ1) is 19.1. The molecule has 0 radical (unpaired) electrons. The summed E-state index contributed by atoms with van der Waals surface area (Å²) in [5.41, 5.74) is 2.30. The van der Waals surface area contributed by atoms with E-state index in [0.717, 1.165) is 29.8 Å². The summed E-state index contributed by atoms with van der Waals surface area (Å²) >= 11 is 0. The number of hydrogen-bond acceptors (Lipinski definition) is 6. The van der Waals surface area contributed by atoms with Gasteiger partial charge in [-0.1, -0.05) is 23.7 Å². The molecule has 7 nitrogen and oxygen atoms in total. The lowest BCUT2D eigenvalue weighted by molar-refractivity contribution is -0.159. The lowest BCUT2D eigenvalue weighted by atomic mass is 9.85. The molecule has 0 spiro atoms. The van der Waals surface area contributed by atoms with Gasteiger partial charge in [0.1, 0.15) is 5.82 Å². The minimum absolute atomic E-state index is 0.0222. The molecule has 2 fully saturated rings. The highest BCUT2D eigenvalue weighted by molar-refractivity contribution is 5.95. The van der Waals surface area contributed by atoms with Gasteiger partial charge in [0.2, 0.25) is 11.8 Å². The Kier molecular flexibility index (Phi) is 8.14. The van der Waals surface area contributed by atoms with Crippen molar-refractivity contribution in [2.45, 2.75) is 82.2 Å². The standard InChI is InChI=1S/C28H30F5N5O2/c29-27(30)12-10-19(11-13-27)25(39)38(14-3-1-2-7-23-36-26(40-37-23)28(31,32)33)22-6-4-5-20(15-22)21-16-34-24(35-17-21)18-8-9-18/h4-6,15-19H,1-3,7-14H2. The summed E-state index contributed by atoms with van der Waals surface area (Å²) in [6.07, 6.45) is 2.54. The highest BCUT2D eigenvalue weighted by atomic mass is 19.4. The predicted molar refractivity (Wildman–Crippen MR) is 136 cm³/mol. The number of halogens is 5. The van der Waals surface area contributed by atoms with Crippen LogP contribution in [0.15, 0.2) is 41.2 Å². The molecule has 0 aliphatic heterocycles. The van der Waals surface area contributed by atoms with Gasteiger partial charge in [-0.25, -0.2) is 18.7 Å². The van der Waals surface area contributed by atoms with Crippen molar-refractivity contribution < 1.29 is 31.3 Å². The number of hydrogen-bond donors (Lipinski definition) is 0. The van der Waals surface area contributed by atoms with Crippen LogP contribution in [0.1, 0.15) is 81.2 Å². The van der Waals surface area contributed by atoms with Crippen LogP contribution in [0.3, 0.4) is 0 Å². The molecule has 2 heterocycles. The third kappa shape index (κ3) is 7.00. The Morgan fingerprint density at radius 2 is 1.73 bits per heavy atom. The van der Waals surface area contributed by atoms with Gasteiger partial charge < -0.3 is 9.42 Å². The number of amides is 1. The van der Waals surface area contributed by atoms with Crippen molar-refractivity contribution in [1.29, 1.82) is 0 Å². The fourth-order valence-electron chi connectivity index (χ4n) is 4.97. The maximum absolute atomic E-state index is 13.8. The van der Waals surface area contributed by atoms with Crippen LogP contribution >= 0.6 is 0 Å². The molecular weight excluding hydrogens is 533 g/mol. The van der Waals surface area contributed by atoms with Crippen molar-refractivity contribution in [3.05, 3.63) is 54.2 Å². The van der Waals surface area contributed by atoms with E-state index >= 15 is 0 Å². The van der Waals surface area contributed by atoms with Gasteiger partial charge in [-0.05, 0) is 56.2 Å². The average molecular weight is 564 g/mol. The highest BCUT2D eigenvalue weighted by Crippen LogP contribution is 2.39. The van der Waals surface area contributed by atoms with Gasteiger partial charge in [-0.3, -0.25) is 4.79 Å². The van der Waals surface area contributed by atoms with E-state index in [2.05, 4.69) is 24.6 Å². The van der Waals surface area contributed by atoms with E-state index in [0.29, 0.717) is 37.4 Å². The molecule has 2 aliphatic carbocycles. The third-order valence-electron chi connectivity index (χ3n) is 7.43. The molecule has 1 amide bonds. The lowest BCUT2D eigenvalue weighted by Gasteiger charge is -2.32. The van der Waals surface area contributed by atoms with Crippen molar-refractivity contribution in [2.24, 2.45) is 5.92 Å². The summed E-state index contributed by atoms with van der Waals surface area (Å²) in [6, 6.07) is 7.44. The van der Waals surface area contributed by atoms with Crippen molar-refractivity contribution in [2.75, 3.05) is 11.4 Å². The van der Waals surface area contributed by atoms with Crippen LogP contribution in [-0.2, 0) is 17.4 Å². The fraction of sp³-hybridized carbons (Fsp3) is 0.536. The molecule has 1 aromatic carbocycles. The van der Waals surface area contributed by atoms with E-state index in [9.17, 15) is 26.7 Å². The van der Waals surface area contributed by atoms with E-state index < -0.39 is 23.9 Å². The van der Waals surface area contributed by atoms with E-state index in [-0.39, 0.29) is 43.8 Å². The van der Waals surface area contributed by atoms with E-state index in [4.69, 9.17) is 0 Å². The number of anilines is 1. The summed E-state index contributed by atoms with van der Waals surface area (Å²) in [7, 11) is 0. The Balaban J connectivity index is 1.26. The molecule has 0 unspecified atom stereocenters. The quantitative estimate of drug-likeness (QED) is 0.195. The number of carbonyl (C=O) groups is 1. The van der Waals surface area contributed by atoms with Crippen molar-refractivity contribution in [3.63, 3.8) is 0 Å². The highest BCUT2D eigenvalue weighted by Gasteiger charge is 2.39. The average Bonchev–Trinajstić information content (AvgIpc) is 3.67. The Morgan fingerprint density at radius 1 is 1.00 bits per heavy atom. The number of carbonyl (C=O) groups excluding carboxylic acids is 1. The molecule has 5 rings (SSSR count). The smallest absolute Gasteiger partial charge is 0.329 e. The summed E-state index contributed by atoms with van der Waals surface area (Å²) in [4.78, 5) is 27.6. The second-order valence-corrected chi connectivity index (χ2v) is 10.6. The maximum Gasteiger partial charge on any atom is 0.471 e. The summed E-state index contributed by atoms with van der Waals surface area (Å²) in [5, 5.41) is 3.38. The van der Waals surface area contributed by atoms with Gasteiger partial charge >= 0.3 is 12.1 Å². The van der Waals surface area contributed by atoms with E-state index in [1.165, 1.54) is 0 Å². The third-order valence-corrected chi connectivity index (χ3v) is 7.43. The van der Waals surface area contributed by atoms with Gasteiger partial charge in [0.25, 0.3) is 0 Å². The summed E-state index contributed by atoms with van der Waals surface area (Å²) in [6.45, 7) is 0.340. The maximum atomic E-state index is 13.8. The molecule has 0 atom stereocenters. The van der Waals surface area contributed by atoms with E-state index in [1.54, 1.807) is 17.3 Å². The van der Waals surface area contributed by atoms with Crippen LogP contribution in [0.4, 0.5) is 27.6 Å². The van der Waals surface area contributed by atoms with Gasteiger partial charge in [0.05, 0.1) is 0 Å². The number of benzene rings is 1. The minimum atomic E-state index is -4.69. The van der Waals surface area contributed by atoms with Crippen LogP contribution in [-0.4, -0.2) is 38.5 Å². The Hall–Kier alpha value is -3.44. The topological polar surface area (TPSA) is 85.0 Å². The van der Waals surface area contributed by atoms with Gasteiger partial charge in [0, 0.05) is 61.3 Å². The van der Waals surface area contributed by atoms with Crippen LogP contribution in [0, 0.1) is 5.92 Å². The first kappa shape index (κ1) is 28.1. The molecule has 2 aromatic heterocycles. The van der Waals surface area contributed by atoms with Crippen molar-refractivity contribution in [1.82, 2.24) is 20.1 Å². The summed E-state index contributed by atoms with van der Waals surface area (Å²) < 4.78 is 69.8. The zero-order valence-corrected chi connectivity index (χ0v) is 21.8. The zero-order chi connectivity index (χ0) is 28.3. The fourth-order valence-corrected chi connectivity index (χ4v) is 4.97. The van der Waals surface area contributed by atoms with E-state index in [1.807, 2.05) is 24.3 Å². The number of nitrogens with zero attached hydrogens (tertiary/aromatic N) is 5. The molecule has 0 N–H and O–H groups in total. The van der Waals surface area contributed by atoms with Gasteiger partial charge in [-0.15, -0.1) is 0 Å². The SMILES string of the molecule is O=C(C1CCC(F)(F)CC1)N(CCCCCc1noc(C(F)(F)F)n1)c1cccc(-c2cnc(C3CC3)nc2)c1. The van der Waals surface area contributed by atoms with Crippen LogP contribution in [0.5, 0.6) is 0 Å². The first-order valence-electron chi connectivity index (χ1n) is 13.6.